The van der Waals surface area contributed by atoms with Crippen molar-refractivity contribution >= 4 is 34.4 Å². The van der Waals surface area contributed by atoms with Crippen LogP contribution in [0.2, 0.25) is 0 Å². The molecule has 3 aliphatic heterocycles. The van der Waals surface area contributed by atoms with Crippen molar-refractivity contribution in [3.8, 4) is 0 Å². The molecule has 3 aromatic rings. The second kappa shape index (κ2) is 7.16. The number of hydrogen-bond acceptors (Lipinski definition) is 4. The van der Waals surface area contributed by atoms with E-state index in [1.54, 1.807) is 0 Å². The largest absolute Gasteiger partial charge is 0.338 e. The standard InChI is InChI=1S/C25H25N5O3/c1-14-10-15-12-25(16-6-2-3-7-17(16)29-24(25)33)13-30(15)23(32)20(11-14)28-22(31)21-26-18-8-4-5-9-19(18)27-21/h2-9,14-15,20H,10-13H2,1H3,(H,26,27)(H,28,31)(H,29,33)/t14?,15-,20+,25+/m1/s1. The van der Waals surface area contributed by atoms with Gasteiger partial charge in [0.1, 0.15) is 6.04 Å². The van der Waals surface area contributed by atoms with Crippen LogP contribution in [0, 0.1) is 5.92 Å². The summed E-state index contributed by atoms with van der Waals surface area (Å²) < 4.78 is 0. The normalized spacial score (nSPS) is 28.5. The lowest BCUT2D eigenvalue weighted by atomic mass is 9.78. The van der Waals surface area contributed by atoms with E-state index >= 15 is 0 Å². The molecule has 33 heavy (non-hydrogen) atoms. The van der Waals surface area contributed by atoms with E-state index in [1.165, 1.54) is 0 Å². The first-order valence-electron chi connectivity index (χ1n) is 11.4. The van der Waals surface area contributed by atoms with Gasteiger partial charge in [-0.3, -0.25) is 14.4 Å². The summed E-state index contributed by atoms with van der Waals surface area (Å²) >= 11 is 0. The lowest BCUT2D eigenvalue weighted by Crippen LogP contribution is -2.49. The molecule has 4 heterocycles. The molecule has 0 aliphatic carbocycles. The Morgan fingerprint density at radius 1 is 1.12 bits per heavy atom. The summed E-state index contributed by atoms with van der Waals surface area (Å²) in [6.07, 6.45) is 1.98. The molecular weight excluding hydrogens is 418 g/mol. The van der Waals surface area contributed by atoms with Gasteiger partial charge in [0, 0.05) is 18.3 Å². The Kier molecular flexibility index (Phi) is 4.33. The highest BCUT2D eigenvalue weighted by Gasteiger charge is 2.57. The molecule has 0 bridgehead atoms. The van der Waals surface area contributed by atoms with Crippen molar-refractivity contribution in [1.29, 1.82) is 0 Å². The Hall–Kier alpha value is -3.68. The summed E-state index contributed by atoms with van der Waals surface area (Å²) in [5, 5.41) is 5.91. The maximum absolute atomic E-state index is 13.6. The second-order valence-electron chi connectivity index (χ2n) is 9.61. The number of carbonyl (C=O) groups is 3. The average Bonchev–Trinajstić information content (AvgIpc) is 3.46. The molecule has 2 saturated heterocycles. The van der Waals surface area contributed by atoms with Crippen LogP contribution in [-0.2, 0) is 15.0 Å². The smallest absolute Gasteiger partial charge is 0.287 e. The van der Waals surface area contributed by atoms with Gasteiger partial charge in [0.25, 0.3) is 5.91 Å². The van der Waals surface area contributed by atoms with Gasteiger partial charge >= 0.3 is 0 Å². The second-order valence-corrected chi connectivity index (χ2v) is 9.61. The number of benzene rings is 2. The van der Waals surface area contributed by atoms with E-state index in [4.69, 9.17) is 0 Å². The van der Waals surface area contributed by atoms with Gasteiger partial charge in [-0.1, -0.05) is 37.3 Å². The van der Waals surface area contributed by atoms with E-state index in [1.807, 2.05) is 53.4 Å². The highest BCUT2D eigenvalue weighted by molar-refractivity contribution is 6.07. The predicted molar refractivity (Wildman–Crippen MR) is 123 cm³/mol. The number of nitrogens with one attached hydrogen (secondary N) is 3. The number of aromatic amines is 1. The van der Waals surface area contributed by atoms with Crippen molar-refractivity contribution < 1.29 is 14.4 Å². The molecule has 1 unspecified atom stereocenters. The van der Waals surface area contributed by atoms with Crippen LogP contribution in [0.25, 0.3) is 11.0 Å². The maximum atomic E-state index is 13.6. The quantitative estimate of drug-likeness (QED) is 0.566. The summed E-state index contributed by atoms with van der Waals surface area (Å²) in [5.41, 5.74) is 2.55. The van der Waals surface area contributed by atoms with E-state index in [0.717, 1.165) is 23.2 Å². The minimum Gasteiger partial charge on any atom is -0.338 e. The van der Waals surface area contributed by atoms with Gasteiger partial charge in [0.2, 0.25) is 11.8 Å². The third-order valence-corrected chi connectivity index (χ3v) is 7.39. The monoisotopic (exact) mass is 443 g/mol. The average molecular weight is 444 g/mol. The number of aromatic nitrogens is 2. The summed E-state index contributed by atoms with van der Waals surface area (Å²) in [7, 11) is 0. The van der Waals surface area contributed by atoms with Crippen molar-refractivity contribution in [3.05, 3.63) is 59.9 Å². The molecular formula is C25H25N5O3. The number of para-hydroxylation sites is 3. The van der Waals surface area contributed by atoms with Gasteiger partial charge in [-0.2, -0.15) is 0 Å². The van der Waals surface area contributed by atoms with Crippen LogP contribution in [-0.4, -0.2) is 51.2 Å². The van der Waals surface area contributed by atoms with Gasteiger partial charge in [-0.05, 0) is 48.9 Å². The number of rotatable bonds is 2. The zero-order valence-electron chi connectivity index (χ0n) is 18.3. The van der Waals surface area contributed by atoms with Gasteiger partial charge in [0.05, 0.1) is 16.4 Å². The first kappa shape index (κ1) is 20.0. The van der Waals surface area contributed by atoms with Crippen LogP contribution in [0.5, 0.6) is 0 Å². The summed E-state index contributed by atoms with van der Waals surface area (Å²) in [6.45, 7) is 2.44. The summed E-state index contributed by atoms with van der Waals surface area (Å²) in [4.78, 5) is 48.9. The van der Waals surface area contributed by atoms with E-state index in [9.17, 15) is 14.4 Å². The molecule has 8 heteroatoms. The molecule has 1 spiro atoms. The molecule has 0 saturated carbocycles. The van der Waals surface area contributed by atoms with Gasteiger partial charge in [-0.15, -0.1) is 0 Å². The Bertz CT molecular complexity index is 1270. The summed E-state index contributed by atoms with van der Waals surface area (Å²) in [6, 6.07) is 14.5. The van der Waals surface area contributed by atoms with Crippen molar-refractivity contribution in [3.63, 3.8) is 0 Å². The minimum atomic E-state index is -0.721. The number of hydrogen-bond donors (Lipinski definition) is 3. The highest BCUT2D eigenvalue weighted by Crippen LogP contribution is 2.48. The third-order valence-electron chi connectivity index (χ3n) is 7.39. The molecule has 1 aromatic heterocycles. The Balaban J connectivity index is 1.27. The highest BCUT2D eigenvalue weighted by atomic mass is 16.2. The van der Waals surface area contributed by atoms with Crippen molar-refractivity contribution in [2.45, 2.75) is 43.7 Å². The van der Waals surface area contributed by atoms with Crippen molar-refractivity contribution in [2.24, 2.45) is 5.92 Å². The molecule has 4 atom stereocenters. The van der Waals surface area contributed by atoms with Crippen LogP contribution in [0.1, 0.15) is 42.4 Å². The molecule has 0 radical (unpaired) electrons. The Morgan fingerprint density at radius 2 is 1.91 bits per heavy atom. The SMILES string of the molecule is CC1C[C@@H]2C[C@@]3(CN2C(=O)[C@@H](NC(=O)c2nc4ccccc4[nH]2)C1)C(=O)Nc1ccccc13. The van der Waals surface area contributed by atoms with E-state index in [-0.39, 0.29) is 29.6 Å². The van der Waals surface area contributed by atoms with Crippen LogP contribution in [0.4, 0.5) is 5.69 Å². The number of imidazole rings is 1. The van der Waals surface area contributed by atoms with Gasteiger partial charge < -0.3 is 20.5 Å². The Labute approximate surface area is 190 Å². The fraction of sp³-hybridized carbons (Fsp3) is 0.360. The van der Waals surface area contributed by atoms with Crippen LogP contribution in [0.15, 0.2) is 48.5 Å². The summed E-state index contributed by atoms with van der Waals surface area (Å²) in [5.74, 6) is -0.143. The van der Waals surface area contributed by atoms with E-state index in [0.29, 0.717) is 24.9 Å². The minimum absolute atomic E-state index is 0.0301. The van der Waals surface area contributed by atoms with Gasteiger partial charge in [0.15, 0.2) is 5.82 Å². The first-order valence-corrected chi connectivity index (χ1v) is 11.4. The van der Waals surface area contributed by atoms with Crippen LogP contribution < -0.4 is 10.6 Å². The van der Waals surface area contributed by atoms with Crippen molar-refractivity contribution in [1.82, 2.24) is 20.2 Å². The Morgan fingerprint density at radius 3 is 2.76 bits per heavy atom. The van der Waals surface area contributed by atoms with Gasteiger partial charge in [-0.25, -0.2) is 4.98 Å². The molecule has 2 fully saturated rings. The lowest BCUT2D eigenvalue weighted by molar-refractivity contribution is -0.133. The zero-order valence-corrected chi connectivity index (χ0v) is 18.3. The van der Waals surface area contributed by atoms with E-state index in [2.05, 4.69) is 27.5 Å². The third kappa shape index (κ3) is 3.04. The number of anilines is 1. The lowest BCUT2D eigenvalue weighted by Gasteiger charge is -2.26. The molecule has 3 amide bonds. The number of carbonyl (C=O) groups excluding carboxylic acids is 3. The fourth-order valence-electron chi connectivity index (χ4n) is 5.87. The molecule has 2 aromatic carbocycles. The molecule has 8 nitrogen and oxygen atoms in total. The molecule has 6 rings (SSSR count). The molecule has 3 N–H and O–H groups in total. The number of fused-ring (bicyclic) bond motifs is 4. The number of amides is 3. The fourth-order valence-corrected chi connectivity index (χ4v) is 5.87. The first-order chi connectivity index (χ1) is 15.9. The zero-order chi connectivity index (χ0) is 22.7. The topological polar surface area (TPSA) is 107 Å². The van der Waals surface area contributed by atoms with Crippen molar-refractivity contribution in [2.75, 3.05) is 11.9 Å². The maximum Gasteiger partial charge on any atom is 0.287 e. The number of nitrogens with zero attached hydrogens (tertiary/aromatic N) is 2. The number of H-pyrrole nitrogens is 1. The van der Waals surface area contributed by atoms with E-state index < -0.39 is 17.4 Å². The van der Waals surface area contributed by atoms with Crippen LogP contribution >= 0.6 is 0 Å². The van der Waals surface area contributed by atoms with Crippen LogP contribution in [0.3, 0.4) is 0 Å². The molecule has 3 aliphatic rings. The predicted octanol–water partition coefficient (Wildman–Crippen LogP) is 2.58. The molecule has 168 valence electrons.